The number of nitrogens with zero attached hydrogens (tertiary/aromatic N) is 1. The maximum atomic E-state index is 15.7. The molecule has 1 fully saturated rings. The first kappa shape index (κ1) is 26.8. The number of ketones is 1. The summed E-state index contributed by atoms with van der Waals surface area (Å²) < 4.78 is 35.3. The van der Waals surface area contributed by atoms with E-state index in [2.05, 4.69) is 5.32 Å². The minimum atomic E-state index is -0.732. The number of pyridine rings is 1. The Kier molecular flexibility index (Phi) is 7.42. The first-order valence-electron chi connectivity index (χ1n) is 13.8. The van der Waals surface area contributed by atoms with E-state index in [0.29, 0.717) is 49.8 Å². The summed E-state index contributed by atoms with van der Waals surface area (Å²) in [5.41, 5.74) is 6.77. The van der Waals surface area contributed by atoms with Crippen LogP contribution in [-0.4, -0.2) is 36.7 Å². The molecule has 1 aromatic heterocycles. The molecule has 0 atom stereocenters. The van der Waals surface area contributed by atoms with Crippen LogP contribution in [0.5, 0.6) is 17.2 Å². The maximum Gasteiger partial charge on any atom is 0.202 e. The van der Waals surface area contributed by atoms with E-state index in [9.17, 15) is 9.59 Å². The van der Waals surface area contributed by atoms with Gasteiger partial charge in [-0.25, -0.2) is 4.39 Å². The topological polar surface area (TPSA) is 105 Å². The lowest BCUT2D eigenvalue weighted by atomic mass is 9.93. The number of anilines is 2. The fraction of sp³-hybridized carbons (Fsp3) is 0.467. The summed E-state index contributed by atoms with van der Waals surface area (Å²) in [5, 5.41) is 3.20. The molecule has 0 saturated heterocycles. The van der Waals surface area contributed by atoms with E-state index >= 15 is 4.39 Å². The third-order valence-corrected chi connectivity index (χ3v) is 7.84. The molecule has 0 unspecified atom stereocenters. The molecule has 1 aliphatic heterocycles. The molecule has 0 radical (unpaired) electrons. The van der Waals surface area contributed by atoms with Crippen molar-refractivity contribution in [3.63, 3.8) is 0 Å². The van der Waals surface area contributed by atoms with Crippen LogP contribution in [0.3, 0.4) is 0 Å². The molecule has 0 bridgehead atoms. The minimum Gasteiger partial charge on any atom is -0.490 e. The smallest absolute Gasteiger partial charge is 0.202 e. The predicted molar refractivity (Wildman–Crippen MR) is 150 cm³/mol. The van der Waals surface area contributed by atoms with Crippen molar-refractivity contribution in [3.8, 4) is 17.2 Å². The largest absolute Gasteiger partial charge is 0.490 e. The molecule has 208 valence electrons. The Morgan fingerprint density at radius 1 is 1.18 bits per heavy atom. The Bertz CT molecular complexity index is 1480. The third kappa shape index (κ3) is 4.68. The molecule has 1 saturated carbocycles. The zero-order valence-electron chi connectivity index (χ0n) is 22.8. The van der Waals surface area contributed by atoms with Crippen molar-refractivity contribution in [2.24, 2.45) is 0 Å². The summed E-state index contributed by atoms with van der Waals surface area (Å²) in [6.07, 6.45) is 6.81. The Hall–Kier alpha value is -3.75. The van der Waals surface area contributed by atoms with Gasteiger partial charge in [-0.05, 0) is 64.2 Å². The summed E-state index contributed by atoms with van der Waals surface area (Å²) in [6.45, 7) is 7.10. The average molecular weight is 538 g/mol. The fourth-order valence-corrected chi connectivity index (χ4v) is 5.92. The monoisotopic (exact) mass is 537 g/mol. The van der Waals surface area contributed by atoms with Crippen LogP contribution in [-0.2, 0) is 12.0 Å². The van der Waals surface area contributed by atoms with Gasteiger partial charge in [-0.3, -0.25) is 9.59 Å². The van der Waals surface area contributed by atoms with Gasteiger partial charge in [0.05, 0.1) is 40.9 Å². The van der Waals surface area contributed by atoms with Crippen molar-refractivity contribution < 1.29 is 23.4 Å². The molecule has 8 nitrogen and oxygen atoms in total. The Balaban J connectivity index is 1.46. The number of benzene rings is 2. The number of hydrogen-bond acceptors (Lipinski definition) is 7. The highest BCUT2D eigenvalue weighted by Crippen LogP contribution is 2.48. The molecule has 3 N–H and O–H groups in total. The van der Waals surface area contributed by atoms with Crippen molar-refractivity contribution >= 4 is 28.1 Å². The molecule has 3 aromatic rings. The van der Waals surface area contributed by atoms with Crippen LogP contribution < -0.4 is 30.7 Å². The number of aryl methyl sites for hydroxylation is 1. The van der Waals surface area contributed by atoms with Crippen molar-refractivity contribution in [1.29, 1.82) is 0 Å². The van der Waals surface area contributed by atoms with Crippen LogP contribution in [0, 0.1) is 5.82 Å². The van der Waals surface area contributed by atoms with Crippen LogP contribution in [0.2, 0.25) is 0 Å². The molecule has 2 aliphatic rings. The summed E-state index contributed by atoms with van der Waals surface area (Å²) >= 11 is 0. The second-order valence-electron chi connectivity index (χ2n) is 10.4. The van der Waals surface area contributed by atoms with Crippen molar-refractivity contribution in [2.45, 2.75) is 64.8 Å². The number of carbonyl (C=O) groups excluding carboxylic acids is 1. The third-order valence-electron chi connectivity index (χ3n) is 7.84. The van der Waals surface area contributed by atoms with Gasteiger partial charge < -0.3 is 29.8 Å². The lowest BCUT2D eigenvalue weighted by molar-refractivity contribution is 0.101. The van der Waals surface area contributed by atoms with Gasteiger partial charge in [-0.2, -0.15) is 0 Å². The molecular formula is C30H36FN3O5. The molecule has 0 amide bonds. The number of ether oxygens (including phenoxy) is 3. The van der Waals surface area contributed by atoms with E-state index < -0.39 is 11.2 Å². The number of nitrogens with one attached hydrogen (secondary N) is 1. The van der Waals surface area contributed by atoms with Crippen LogP contribution in [0.4, 0.5) is 15.8 Å². The second kappa shape index (κ2) is 10.8. The quantitative estimate of drug-likeness (QED) is 0.202. The number of nitrogens with two attached hydrogens (primary N) is 1. The van der Waals surface area contributed by atoms with Crippen LogP contribution in [0.1, 0.15) is 68.8 Å². The molecular weight excluding hydrogens is 501 g/mol. The van der Waals surface area contributed by atoms with E-state index in [1.807, 2.05) is 36.6 Å². The number of Topliss-reactive ketones (excluding diaryl/α,β-unsaturated/α-hetero) is 1. The van der Waals surface area contributed by atoms with Crippen LogP contribution in [0.15, 0.2) is 29.2 Å². The number of halogens is 1. The highest BCUT2D eigenvalue weighted by Gasteiger charge is 2.42. The number of carbonyl (C=O) groups is 1. The lowest BCUT2D eigenvalue weighted by Gasteiger charge is -2.39. The predicted octanol–water partition coefficient (Wildman–Crippen LogP) is 5.43. The van der Waals surface area contributed by atoms with Crippen LogP contribution in [0.25, 0.3) is 10.9 Å². The highest BCUT2D eigenvalue weighted by atomic mass is 19.1. The highest BCUT2D eigenvalue weighted by molar-refractivity contribution is 6.04. The first-order chi connectivity index (χ1) is 18.8. The maximum absolute atomic E-state index is 15.7. The number of nitrogen functional groups attached to an aromatic ring is 1. The molecule has 9 heteroatoms. The molecule has 5 rings (SSSR count). The Morgan fingerprint density at radius 3 is 2.59 bits per heavy atom. The summed E-state index contributed by atoms with van der Waals surface area (Å²) in [6, 6.07) is 5.88. The van der Waals surface area contributed by atoms with Gasteiger partial charge in [-0.1, -0.05) is 18.9 Å². The number of aromatic nitrogens is 1. The minimum absolute atomic E-state index is 0.0181. The first-order valence-corrected chi connectivity index (χ1v) is 13.8. The number of rotatable bonds is 10. The van der Waals surface area contributed by atoms with E-state index in [1.54, 1.807) is 6.20 Å². The van der Waals surface area contributed by atoms with Crippen molar-refractivity contribution in [1.82, 2.24) is 4.57 Å². The lowest BCUT2D eigenvalue weighted by Crippen LogP contribution is -2.42. The Morgan fingerprint density at radius 2 is 1.90 bits per heavy atom. The van der Waals surface area contributed by atoms with E-state index in [4.69, 9.17) is 19.9 Å². The SMILES string of the molecule is CCOc1ccc(CCCNc2c(F)c(N)c3c(=O)c(C(C)=O)cn4c3c2OCC42CCCC2)cc1OCC. The van der Waals surface area contributed by atoms with Crippen molar-refractivity contribution in [3.05, 3.63) is 51.6 Å². The second-order valence-corrected chi connectivity index (χ2v) is 10.4. The molecule has 2 heterocycles. The van der Waals surface area contributed by atoms with Crippen LogP contribution >= 0.6 is 0 Å². The zero-order valence-corrected chi connectivity index (χ0v) is 22.8. The number of fused-ring (bicyclic) bond motifs is 1. The standard InChI is InChI=1S/C30H36FN3O5/c1-4-37-21-11-10-19(15-22(21)38-5-2)9-8-14-33-26-24(31)25(32)23-27-29(26)39-17-30(12-6-7-13-30)34(27)16-20(18(3)35)28(23)36/h10-11,15-16,33H,4-9,12-14,17,32H2,1-3H3. The van der Waals surface area contributed by atoms with Gasteiger partial charge in [0, 0.05) is 12.7 Å². The average Bonchev–Trinajstić information content (AvgIpc) is 3.38. The summed E-state index contributed by atoms with van der Waals surface area (Å²) in [5.74, 6) is 0.602. The van der Waals surface area contributed by atoms with Gasteiger partial charge in [-0.15, -0.1) is 0 Å². The van der Waals surface area contributed by atoms with E-state index in [0.717, 1.165) is 37.7 Å². The normalized spacial score (nSPS) is 15.4. The number of hydrogen-bond donors (Lipinski definition) is 2. The molecule has 2 aromatic carbocycles. The fourth-order valence-electron chi connectivity index (χ4n) is 5.92. The van der Waals surface area contributed by atoms with E-state index in [1.165, 1.54) is 6.92 Å². The van der Waals surface area contributed by atoms with Gasteiger partial charge in [0.25, 0.3) is 0 Å². The summed E-state index contributed by atoms with van der Waals surface area (Å²) in [7, 11) is 0. The van der Waals surface area contributed by atoms with Gasteiger partial charge >= 0.3 is 0 Å². The van der Waals surface area contributed by atoms with Gasteiger partial charge in [0.1, 0.15) is 12.3 Å². The molecule has 1 spiro atoms. The van der Waals surface area contributed by atoms with E-state index in [-0.39, 0.29) is 39.4 Å². The molecule has 39 heavy (non-hydrogen) atoms. The Labute approximate surface area is 227 Å². The summed E-state index contributed by atoms with van der Waals surface area (Å²) in [4.78, 5) is 25.6. The van der Waals surface area contributed by atoms with Gasteiger partial charge in [0.2, 0.25) is 5.43 Å². The zero-order chi connectivity index (χ0) is 27.7. The van der Waals surface area contributed by atoms with Gasteiger partial charge in [0.15, 0.2) is 28.8 Å². The van der Waals surface area contributed by atoms with Crippen molar-refractivity contribution in [2.75, 3.05) is 37.4 Å². The molecule has 1 aliphatic carbocycles.